The summed E-state index contributed by atoms with van der Waals surface area (Å²) in [6.07, 6.45) is 3.38. The Hall–Kier alpha value is -1.81. The highest BCUT2D eigenvalue weighted by molar-refractivity contribution is 6.30. The van der Waals surface area contributed by atoms with Gasteiger partial charge in [0.05, 0.1) is 0 Å². The molecule has 0 saturated heterocycles. The number of benzene rings is 1. The molecule has 0 unspecified atom stereocenters. The van der Waals surface area contributed by atoms with Gasteiger partial charge in [0.25, 0.3) is 0 Å². The van der Waals surface area contributed by atoms with Crippen LogP contribution in [-0.2, 0) is 0 Å². The van der Waals surface area contributed by atoms with Crippen molar-refractivity contribution in [2.75, 3.05) is 11.9 Å². The van der Waals surface area contributed by atoms with Gasteiger partial charge in [-0.05, 0) is 43.5 Å². The lowest BCUT2D eigenvalue weighted by atomic mass is 10.3. The van der Waals surface area contributed by atoms with E-state index in [0.29, 0.717) is 16.8 Å². The Morgan fingerprint density at radius 2 is 2.00 bits per heavy atom. The number of hydrogen-bond acceptors (Lipinski definition) is 4. The molecule has 5 heteroatoms. The molecule has 1 N–H and O–H groups in total. The summed E-state index contributed by atoms with van der Waals surface area (Å²) in [5, 5.41) is 3.99. The van der Waals surface area contributed by atoms with Gasteiger partial charge in [0.1, 0.15) is 17.4 Å². The third kappa shape index (κ3) is 3.85. The van der Waals surface area contributed by atoms with Gasteiger partial charge < -0.3 is 10.1 Å². The fraction of sp³-hybridized carbons (Fsp3) is 0.375. The molecular weight excluding hydrogens is 286 g/mol. The molecule has 1 aliphatic rings. The van der Waals surface area contributed by atoms with Crippen LogP contribution in [0.2, 0.25) is 5.02 Å². The minimum atomic E-state index is 0.487. The fourth-order valence-electron chi connectivity index (χ4n) is 1.99. The van der Waals surface area contributed by atoms with Crippen molar-refractivity contribution in [2.24, 2.45) is 0 Å². The van der Waals surface area contributed by atoms with Crippen molar-refractivity contribution in [1.29, 1.82) is 0 Å². The van der Waals surface area contributed by atoms with Crippen molar-refractivity contribution in [3.63, 3.8) is 0 Å². The molecule has 1 aromatic heterocycles. The molecule has 1 heterocycles. The van der Waals surface area contributed by atoms with Crippen LogP contribution in [0.4, 0.5) is 5.82 Å². The Morgan fingerprint density at radius 3 is 2.67 bits per heavy atom. The van der Waals surface area contributed by atoms with Gasteiger partial charge in [0.15, 0.2) is 0 Å². The standard InChI is InChI=1S/C16H18ClN3O/c1-2-9-18-14-10-15(20-16(19-14)11-3-4-11)21-13-7-5-12(17)6-8-13/h5-8,10-11H,2-4,9H2,1H3,(H,18,19,20). The van der Waals surface area contributed by atoms with E-state index in [0.717, 1.165) is 43.2 Å². The van der Waals surface area contributed by atoms with Gasteiger partial charge in [0.2, 0.25) is 5.88 Å². The van der Waals surface area contributed by atoms with Crippen LogP contribution in [-0.4, -0.2) is 16.5 Å². The van der Waals surface area contributed by atoms with E-state index in [4.69, 9.17) is 16.3 Å². The van der Waals surface area contributed by atoms with E-state index >= 15 is 0 Å². The molecule has 0 amide bonds. The molecule has 0 aliphatic heterocycles. The Labute approximate surface area is 129 Å². The summed E-state index contributed by atoms with van der Waals surface area (Å²) in [5.74, 6) is 3.49. The number of aromatic nitrogens is 2. The molecular formula is C16H18ClN3O. The summed E-state index contributed by atoms with van der Waals surface area (Å²) in [6.45, 7) is 3.02. The van der Waals surface area contributed by atoms with E-state index < -0.39 is 0 Å². The molecule has 0 spiro atoms. The first-order valence-electron chi connectivity index (χ1n) is 7.31. The second kappa shape index (κ2) is 6.31. The number of anilines is 1. The molecule has 2 aromatic rings. The van der Waals surface area contributed by atoms with E-state index in [1.807, 2.05) is 18.2 Å². The fourth-order valence-corrected chi connectivity index (χ4v) is 2.11. The monoisotopic (exact) mass is 303 g/mol. The van der Waals surface area contributed by atoms with Gasteiger partial charge >= 0.3 is 0 Å². The van der Waals surface area contributed by atoms with Crippen molar-refractivity contribution in [3.05, 3.63) is 41.2 Å². The average Bonchev–Trinajstić information content (AvgIpc) is 3.32. The quantitative estimate of drug-likeness (QED) is 0.845. The summed E-state index contributed by atoms with van der Waals surface area (Å²) >= 11 is 5.88. The van der Waals surface area contributed by atoms with Gasteiger partial charge in [-0.15, -0.1) is 0 Å². The zero-order valence-electron chi connectivity index (χ0n) is 12.0. The minimum Gasteiger partial charge on any atom is -0.439 e. The number of rotatable bonds is 6. The first kappa shape index (κ1) is 14.1. The van der Waals surface area contributed by atoms with Gasteiger partial charge in [-0.3, -0.25) is 0 Å². The number of halogens is 1. The third-order valence-corrected chi connectivity index (χ3v) is 3.51. The van der Waals surface area contributed by atoms with Gasteiger partial charge in [0, 0.05) is 23.6 Å². The largest absolute Gasteiger partial charge is 0.439 e. The van der Waals surface area contributed by atoms with Crippen LogP contribution in [0, 0.1) is 0 Å². The Balaban J connectivity index is 1.82. The van der Waals surface area contributed by atoms with E-state index in [2.05, 4.69) is 22.2 Å². The summed E-state index contributed by atoms with van der Waals surface area (Å²) in [7, 11) is 0. The van der Waals surface area contributed by atoms with Crippen LogP contribution in [0.15, 0.2) is 30.3 Å². The minimum absolute atomic E-state index is 0.487. The zero-order valence-corrected chi connectivity index (χ0v) is 12.7. The smallest absolute Gasteiger partial charge is 0.224 e. The number of nitrogens with zero attached hydrogens (tertiary/aromatic N) is 2. The number of nitrogens with one attached hydrogen (secondary N) is 1. The summed E-state index contributed by atoms with van der Waals surface area (Å²) in [6, 6.07) is 9.11. The lowest BCUT2D eigenvalue weighted by Gasteiger charge is -2.10. The average molecular weight is 304 g/mol. The SMILES string of the molecule is CCCNc1cc(Oc2ccc(Cl)cc2)nc(C2CC2)n1. The molecule has 1 aromatic carbocycles. The van der Waals surface area contributed by atoms with Crippen LogP contribution in [0.3, 0.4) is 0 Å². The second-order valence-corrected chi connectivity index (χ2v) is 5.64. The van der Waals surface area contributed by atoms with Crippen molar-refractivity contribution in [1.82, 2.24) is 9.97 Å². The van der Waals surface area contributed by atoms with Crippen LogP contribution in [0.1, 0.15) is 37.9 Å². The molecule has 0 bridgehead atoms. The lowest BCUT2D eigenvalue weighted by molar-refractivity contribution is 0.459. The van der Waals surface area contributed by atoms with E-state index in [-0.39, 0.29) is 0 Å². The molecule has 1 fully saturated rings. The van der Waals surface area contributed by atoms with Crippen molar-refractivity contribution in [3.8, 4) is 11.6 Å². The topological polar surface area (TPSA) is 47.0 Å². The summed E-state index contributed by atoms with van der Waals surface area (Å²) in [4.78, 5) is 9.08. The third-order valence-electron chi connectivity index (χ3n) is 3.25. The molecule has 1 saturated carbocycles. The summed E-state index contributed by atoms with van der Waals surface area (Å²) < 4.78 is 5.82. The normalized spacial score (nSPS) is 14.0. The molecule has 21 heavy (non-hydrogen) atoms. The van der Waals surface area contributed by atoms with Crippen molar-refractivity contribution >= 4 is 17.4 Å². The predicted octanol–water partition coefficient (Wildman–Crippen LogP) is 4.62. The number of ether oxygens (including phenoxy) is 1. The van der Waals surface area contributed by atoms with Crippen molar-refractivity contribution in [2.45, 2.75) is 32.1 Å². The van der Waals surface area contributed by atoms with Crippen molar-refractivity contribution < 1.29 is 4.74 Å². The molecule has 1 aliphatic carbocycles. The maximum absolute atomic E-state index is 5.88. The van der Waals surface area contributed by atoms with Crippen LogP contribution in [0.25, 0.3) is 0 Å². The van der Waals surface area contributed by atoms with E-state index in [9.17, 15) is 0 Å². The zero-order chi connectivity index (χ0) is 14.7. The highest BCUT2D eigenvalue weighted by Gasteiger charge is 2.27. The van der Waals surface area contributed by atoms with Gasteiger partial charge in [-0.2, -0.15) is 4.98 Å². The number of hydrogen-bond donors (Lipinski definition) is 1. The molecule has 3 rings (SSSR count). The van der Waals surface area contributed by atoms with Crippen LogP contribution in [0.5, 0.6) is 11.6 Å². The highest BCUT2D eigenvalue weighted by atomic mass is 35.5. The van der Waals surface area contributed by atoms with Crippen LogP contribution >= 0.6 is 11.6 Å². The molecule has 0 atom stereocenters. The second-order valence-electron chi connectivity index (χ2n) is 5.21. The maximum Gasteiger partial charge on any atom is 0.224 e. The first-order valence-corrected chi connectivity index (χ1v) is 7.68. The van der Waals surface area contributed by atoms with E-state index in [1.165, 1.54) is 0 Å². The Bertz CT molecular complexity index is 611. The van der Waals surface area contributed by atoms with Gasteiger partial charge in [-0.1, -0.05) is 18.5 Å². The highest BCUT2D eigenvalue weighted by Crippen LogP contribution is 2.39. The predicted molar refractivity (Wildman–Crippen MR) is 84.3 cm³/mol. The lowest BCUT2D eigenvalue weighted by Crippen LogP contribution is -2.05. The van der Waals surface area contributed by atoms with Gasteiger partial charge in [-0.25, -0.2) is 4.98 Å². The maximum atomic E-state index is 5.88. The van der Waals surface area contributed by atoms with E-state index in [1.54, 1.807) is 12.1 Å². The Kier molecular flexibility index (Phi) is 4.25. The summed E-state index contributed by atoms with van der Waals surface area (Å²) in [5.41, 5.74) is 0. The first-order chi connectivity index (χ1) is 10.2. The molecule has 110 valence electrons. The van der Waals surface area contributed by atoms with Crippen LogP contribution < -0.4 is 10.1 Å². The molecule has 4 nitrogen and oxygen atoms in total. The Morgan fingerprint density at radius 1 is 1.24 bits per heavy atom. The molecule has 0 radical (unpaired) electrons.